The van der Waals surface area contributed by atoms with E-state index in [0.29, 0.717) is 24.1 Å². The number of ether oxygens (including phenoxy) is 1. The highest BCUT2D eigenvalue weighted by Crippen LogP contribution is 2.39. The van der Waals surface area contributed by atoms with Gasteiger partial charge >= 0.3 is 0 Å². The summed E-state index contributed by atoms with van der Waals surface area (Å²) in [6, 6.07) is 5.16. The number of benzene rings is 1. The second-order valence-corrected chi connectivity index (χ2v) is 10.8. The first kappa shape index (κ1) is 25.6. The average molecular weight is 485 g/mol. The molecule has 0 unspecified atom stereocenters. The van der Waals surface area contributed by atoms with E-state index in [1.165, 1.54) is 0 Å². The number of Topliss-reactive ketones (excluding diaryl/α,β-unsaturated/α-hetero) is 1. The molecule has 192 valence electrons. The average Bonchev–Trinajstić information content (AvgIpc) is 3.38. The van der Waals surface area contributed by atoms with Gasteiger partial charge in [-0.2, -0.15) is 0 Å². The second-order valence-electron chi connectivity index (χ2n) is 10.8. The summed E-state index contributed by atoms with van der Waals surface area (Å²) in [6.45, 7) is 10.5. The summed E-state index contributed by atoms with van der Waals surface area (Å²) in [5.74, 6) is -0.810. The highest BCUT2D eigenvalue weighted by Gasteiger charge is 2.52. The zero-order valence-corrected chi connectivity index (χ0v) is 21.5. The largest absolute Gasteiger partial charge is 0.369 e. The van der Waals surface area contributed by atoms with Crippen molar-refractivity contribution >= 4 is 23.3 Å². The van der Waals surface area contributed by atoms with Crippen molar-refractivity contribution in [2.75, 3.05) is 51.3 Å². The maximum atomic E-state index is 14.2. The van der Waals surface area contributed by atoms with Crippen molar-refractivity contribution in [2.45, 2.75) is 58.1 Å². The monoisotopic (exact) mass is 484 g/mol. The molecule has 4 atom stereocenters. The predicted octanol–water partition coefficient (Wildman–Crippen LogP) is 2.26. The Morgan fingerprint density at radius 2 is 1.89 bits per heavy atom. The van der Waals surface area contributed by atoms with E-state index in [9.17, 15) is 14.4 Å². The Balaban J connectivity index is 1.70. The van der Waals surface area contributed by atoms with E-state index >= 15 is 0 Å². The van der Waals surface area contributed by atoms with Gasteiger partial charge in [0.15, 0.2) is 5.78 Å². The minimum atomic E-state index is -0.542. The maximum absolute atomic E-state index is 14.2. The molecule has 1 aromatic carbocycles. The molecule has 4 rings (SSSR count). The number of likely N-dealkylation sites (tertiary alicyclic amines) is 1. The molecule has 0 spiro atoms. The number of anilines is 1. The number of carbonyl (C=O) groups excluding carboxylic acids is 3. The summed E-state index contributed by atoms with van der Waals surface area (Å²) < 4.78 is 5.84. The molecule has 1 aromatic rings. The Hall–Kier alpha value is -2.45. The van der Waals surface area contributed by atoms with Crippen molar-refractivity contribution < 1.29 is 19.1 Å². The summed E-state index contributed by atoms with van der Waals surface area (Å²) in [4.78, 5) is 45.7. The Labute approximate surface area is 208 Å². The van der Waals surface area contributed by atoms with Crippen LogP contribution in [0.4, 0.5) is 5.69 Å². The second kappa shape index (κ2) is 10.7. The highest BCUT2D eigenvalue weighted by molar-refractivity contribution is 5.99. The lowest BCUT2D eigenvalue weighted by Gasteiger charge is -2.35. The normalized spacial score (nSPS) is 25.9. The number of rotatable bonds is 8. The Bertz CT molecular complexity index is 956. The molecular weight excluding hydrogens is 444 g/mol. The van der Waals surface area contributed by atoms with E-state index in [-0.39, 0.29) is 36.2 Å². The standard InChI is InChI=1S/C27H40N4O4/c1-5-6-18-15-31(24-23(32)16-35-25(18)24)27(34)22(13-17(2)3)21-14-19(7-8-20(21)26(28)33)30-11-9-29(4)10-12-30/h7-8,14,17-18,22,24-25H,5-6,9-13,15-16H2,1-4H3,(H2,28,33)/t18-,22-,24+,25+/m0/s1. The predicted molar refractivity (Wildman–Crippen MR) is 136 cm³/mol. The zero-order chi connectivity index (χ0) is 25.3. The number of primary amides is 1. The lowest BCUT2D eigenvalue weighted by Crippen LogP contribution is -2.45. The zero-order valence-electron chi connectivity index (χ0n) is 21.5. The number of ketones is 1. The molecule has 3 aliphatic heterocycles. The number of hydrogen-bond donors (Lipinski definition) is 1. The van der Waals surface area contributed by atoms with E-state index in [0.717, 1.165) is 44.7 Å². The van der Waals surface area contributed by atoms with Crippen molar-refractivity contribution in [1.29, 1.82) is 0 Å². The Kier molecular flexibility index (Phi) is 7.81. The van der Waals surface area contributed by atoms with E-state index in [2.05, 4.69) is 37.6 Å². The molecule has 35 heavy (non-hydrogen) atoms. The first-order chi connectivity index (χ1) is 16.7. The van der Waals surface area contributed by atoms with Gasteiger partial charge in [-0.15, -0.1) is 0 Å². The first-order valence-electron chi connectivity index (χ1n) is 13.0. The highest BCUT2D eigenvalue weighted by atomic mass is 16.5. The lowest BCUT2D eigenvalue weighted by molar-refractivity contribution is -0.138. The Morgan fingerprint density at radius 1 is 1.17 bits per heavy atom. The molecule has 0 saturated carbocycles. The van der Waals surface area contributed by atoms with E-state index in [1.54, 1.807) is 11.0 Å². The summed E-state index contributed by atoms with van der Waals surface area (Å²) in [5.41, 5.74) is 7.86. The van der Waals surface area contributed by atoms with Gasteiger partial charge in [-0.3, -0.25) is 14.4 Å². The summed E-state index contributed by atoms with van der Waals surface area (Å²) in [5, 5.41) is 0. The number of fused-ring (bicyclic) bond motifs is 1. The number of nitrogens with zero attached hydrogens (tertiary/aromatic N) is 3. The number of carbonyl (C=O) groups is 3. The molecule has 2 N–H and O–H groups in total. The van der Waals surface area contributed by atoms with Crippen LogP contribution in [-0.2, 0) is 14.3 Å². The number of amides is 2. The molecule has 2 amide bonds. The SMILES string of the molecule is CCC[C@H]1CN(C(=O)[C@@H](CC(C)C)c2cc(N3CCN(C)CC3)ccc2C(N)=O)[C@@H]2C(=O)CO[C@H]12. The molecule has 8 heteroatoms. The third-order valence-electron chi connectivity index (χ3n) is 7.78. The van der Waals surface area contributed by atoms with E-state index < -0.39 is 17.9 Å². The molecule has 3 heterocycles. The van der Waals surface area contributed by atoms with Crippen LogP contribution in [0.25, 0.3) is 0 Å². The number of hydrogen-bond acceptors (Lipinski definition) is 6. The maximum Gasteiger partial charge on any atom is 0.249 e. The fraction of sp³-hybridized carbons (Fsp3) is 0.667. The third-order valence-corrected chi connectivity index (χ3v) is 7.78. The smallest absolute Gasteiger partial charge is 0.249 e. The van der Waals surface area contributed by atoms with Crippen LogP contribution in [0.2, 0.25) is 0 Å². The van der Waals surface area contributed by atoms with Gasteiger partial charge < -0.3 is 25.2 Å². The molecule has 0 bridgehead atoms. The molecule has 3 saturated heterocycles. The van der Waals surface area contributed by atoms with Crippen molar-refractivity contribution in [2.24, 2.45) is 17.6 Å². The fourth-order valence-electron chi connectivity index (χ4n) is 5.96. The number of likely N-dealkylation sites (N-methyl/N-ethyl adjacent to an activating group) is 1. The van der Waals surface area contributed by atoms with Gasteiger partial charge in [-0.1, -0.05) is 27.2 Å². The lowest BCUT2D eigenvalue weighted by atomic mass is 9.85. The van der Waals surface area contributed by atoms with E-state index in [4.69, 9.17) is 10.5 Å². The van der Waals surface area contributed by atoms with Gasteiger partial charge in [0.05, 0.1) is 12.0 Å². The van der Waals surface area contributed by atoms with Crippen LogP contribution in [0, 0.1) is 11.8 Å². The fourth-order valence-corrected chi connectivity index (χ4v) is 5.96. The van der Waals surface area contributed by atoms with Crippen LogP contribution in [0.5, 0.6) is 0 Å². The van der Waals surface area contributed by atoms with Crippen LogP contribution in [0.1, 0.15) is 61.9 Å². The van der Waals surface area contributed by atoms with Gasteiger partial charge in [-0.25, -0.2) is 0 Å². The van der Waals surface area contributed by atoms with Crippen LogP contribution in [0.15, 0.2) is 18.2 Å². The molecule has 0 radical (unpaired) electrons. The van der Waals surface area contributed by atoms with Crippen LogP contribution < -0.4 is 10.6 Å². The van der Waals surface area contributed by atoms with Gasteiger partial charge in [0.25, 0.3) is 0 Å². The minimum absolute atomic E-state index is 0.0217. The van der Waals surface area contributed by atoms with Gasteiger partial charge in [0.2, 0.25) is 11.8 Å². The Morgan fingerprint density at radius 3 is 2.51 bits per heavy atom. The van der Waals surface area contributed by atoms with Crippen LogP contribution in [0.3, 0.4) is 0 Å². The van der Waals surface area contributed by atoms with Gasteiger partial charge in [0, 0.05) is 49.9 Å². The van der Waals surface area contributed by atoms with Crippen molar-refractivity contribution in [1.82, 2.24) is 9.80 Å². The number of nitrogens with two attached hydrogens (primary N) is 1. The molecule has 0 aliphatic carbocycles. The van der Waals surface area contributed by atoms with Gasteiger partial charge in [0.1, 0.15) is 12.6 Å². The molecule has 3 aliphatic rings. The van der Waals surface area contributed by atoms with Gasteiger partial charge in [-0.05, 0) is 49.6 Å². The quantitative estimate of drug-likeness (QED) is 0.608. The summed E-state index contributed by atoms with van der Waals surface area (Å²) in [6.07, 6.45) is 2.24. The minimum Gasteiger partial charge on any atom is -0.369 e. The number of piperazine rings is 1. The summed E-state index contributed by atoms with van der Waals surface area (Å²) >= 11 is 0. The molecule has 0 aromatic heterocycles. The molecule has 3 fully saturated rings. The van der Waals surface area contributed by atoms with Crippen molar-refractivity contribution in [3.63, 3.8) is 0 Å². The van der Waals surface area contributed by atoms with Crippen LogP contribution in [-0.4, -0.2) is 85.9 Å². The van der Waals surface area contributed by atoms with E-state index in [1.807, 2.05) is 12.1 Å². The summed E-state index contributed by atoms with van der Waals surface area (Å²) in [7, 11) is 2.11. The van der Waals surface area contributed by atoms with Crippen molar-refractivity contribution in [3.8, 4) is 0 Å². The third kappa shape index (κ3) is 5.23. The molecular formula is C27H40N4O4. The first-order valence-corrected chi connectivity index (χ1v) is 13.0. The topological polar surface area (TPSA) is 96.2 Å². The molecule has 8 nitrogen and oxygen atoms in total. The van der Waals surface area contributed by atoms with Crippen LogP contribution >= 0.6 is 0 Å². The van der Waals surface area contributed by atoms with Crippen molar-refractivity contribution in [3.05, 3.63) is 29.3 Å².